The van der Waals surface area contributed by atoms with Crippen molar-refractivity contribution in [3.63, 3.8) is 0 Å². The second-order valence-corrected chi connectivity index (χ2v) is 3.47. The Labute approximate surface area is 87.5 Å². The zero-order chi connectivity index (χ0) is 10.8. The minimum absolute atomic E-state index is 0.253. The smallest absolute Gasteiger partial charge is 0.123 e. The lowest BCUT2D eigenvalue weighted by atomic mass is 10.2. The van der Waals surface area contributed by atoms with Gasteiger partial charge in [0.2, 0.25) is 0 Å². The summed E-state index contributed by atoms with van der Waals surface area (Å²) in [5.74, 6) is -0.253. The number of benzene rings is 1. The van der Waals surface area contributed by atoms with Crippen molar-refractivity contribution in [3.05, 3.63) is 48.6 Å². The Morgan fingerprint density at radius 1 is 1.40 bits per heavy atom. The molecule has 0 saturated heterocycles. The van der Waals surface area contributed by atoms with E-state index in [1.54, 1.807) is 12.3 Å². The van der Waals surface area contributed by atoms with Crippen LogP contribution in [0.25, 0.3) is 10.9 Å². The van der Waals surface area contributed by atoms with Crippen molar-refractivity contribution in [1.82, 2.24) is 4.98 Å². The van der Waals surface area contributed by atoms with Gasteiger partial charge in [-0.2, -0.15) is 0 Å². The summed E-state index contributed by atoms with van der Waals surface area (Å²) in [6, 6.07) is 6.38. The number of pyridine rings is 1. The van der Waals surface area contributed by atoms with Gasteiger partial charge in [-0.05, 0) is 31.2 Å². The van der Waals surface area contributed by atoms with Crippen LogP contribution >= 0.6 is 0 Å². The van der Waals surface area contributed by atoms with Gasteiger partial charge < -0.3 is 5.32 Å². The van der Waals surface area contributed by atoms with E-state index in [4.69, 9.17) is 0 Å². The fourth-order valence-corrected chi connectivity index (χ4v) is 1.42. The number of hydrogen-bond acceptors (Lipinski definition) is 2. The van der Waals surface area contributed by atoms with Gasteiger partial charge in [-0.25, -0.2) is 4.39 Å². The van der Waals surface area contributed by atoms with Crippen LogP contribution in [0.15, 0.2) is 42.7 Å². The Morgan fingerprint density at radius 2 is 2.20 bits per heavy atom. The highest BCUT2D eigenvalue weighted by atomic mass is 19.1. The molecule has 0 saturated carbocycles. The Bertz CT molecular complexity index is 520. The summed E-state index contributed by atoms with van der Waals surface area (Å²) in [6.07, 6.45) is 1.70. The van der Waals surface area contributed by atoms with Gasteiger partial charge in [0.25, 0.3) is 0 Å². The second-order valence-electron chi connectivity index (χ2n) is 3.47. The van der Waals surface area contributed by atoms with Crippen LogP contribution in [0.3, 0.4) is 0 Å². The Kier molecular flexibility index (Phi) is 2.37. The maximum Gasteiger partial charge on any atom is 0.123 e. The highest BCUT2D eigenvalue weighted by Crippen LogP contribution is 2.18. The monoisotopic (exact) mass is 202 g/mol. The third kappa shape index (κ3) is 2.13. The molecule has 1 heterocycles. The fraction of sp³-hybridized carbons (Fsp3) is 0.0833. The zero-order valence-electron chi connectivity index (χ0n) is 8.42. The molecule has 2 aromatic rings. The predicted octanol–water partition coefficient (Wildman–Crippen LogP) is 3.32. The molecule has 0 aliphatic carbocycles. The van der Waals surface area contributed by atoms with E-state index >= 15 is 0 Å². The van der Waals surface area contributed by atoms with Crippen molar-refractivity contribution in [2.45, 2.75) is 6.92 Å². The number of rotatable bonds is 2. The zero-order valence-corrected chi connectivity index (χ0v) is 8.42. The molecule has 0 fully saturated rings. The first-order valence-corrected chi connectivity index (χ1v) is 4.63. The molecule has 0 unspecified atom stereocenters. The topological polar surface area (TPSA) is 24.9 Å². The van der Waals surface area contributed by atoms with Gasteiger partial charge in [0.05, 0.1) is 17.4 Å². The average Bonchev–Trinajstić information content (AvgIpc) is 2.16. The third-order valence-corrected chi connectivity index (χ3v) is 2.00. The Morgan fingerprint density at radius 3 is 2.93 bits per heavy atom. The summed E-state index contributed by atoms with van der Waals surface area (Å²) in [7, 11) is 0. The lowest BCUT2D eigenvalue weighted by Gasteiger charge is -2.05. The van der Waals surface area contributed by atoms with Crippen molar-refractivity contribution in [1.29, 1.82) is 0 Å². The van der Waals surface area contributed by atoms with Crippen LogP contribution in [0, 0.1) is 5.82 Å². The molecule has 0 bridgehead atoms. The number of anilines is 1. The number of halogens is 1. The number of nitrogens with zero attached hydrogens (tertiary/aromatic N) is 1. The molecule has 0 amide bonds. The molecule has 1 aromatic carbocycles. The van der Waals surface area contributed by atoms with E-state index in [-0.39, 0.29) is 5.82 Å². The van der Waals surface area contributed by atoms with Crippen LogP contribution in [-0.4, -0.2) is 4.98 Å². The highest BCUT2D eigenvalue weighted by molar-refractivity contribution is 5.81. The molecular formula is C12H11FN2. The van der Waals surface area contributed by atoms with Crippen LogP contribution in [0.2, 0.25) is 0 Å². The van der Waals surface area contributed by atoms with Crippen molar-refractivity contribution >= 4 is 16.6 Å². The molecule has 1 aromatic heterocycles. The minimum Gasteiger partial charge on any atom is -0.358 e. The largest absolute Gasteiger partial charge is 0.358 e. The fourth-order valence-electron chi connectivity index (χ4n) is 1.42. The van der Waals surface area contributed by atoms with E-state index in [0.717, 1.165) is 22.3 Å². The predicted molar refractivity (Wildman–Crippen MR) is 60.1 cm³/mol. The summed E-state index contributed by atoms with van der Waals surface area (Å²) in [5, 5.41) is 3.82. The van der Waals surface area contributed by atoms with Crippen molar-refractivity contribution < 1.29 is 4.39 Å². The summed E-state index contributed by atoms with van der Waals surface area (Å²) >= 11 is 0. The van der Waals surface area contributed by atoms with E-state index in [0.29, 0.717) is 0 Å². The van der Waals surface area contributed by atoms with Gasteiger partial charge >= 0.3 is 0 Å². The Balaban J connectivity index is 2.49. The normalized spacial score (nSPS) is 10.3. The SMILES string of the molecule is C=C(C)Nc1cnc2ccc(F)cc2c1. The number of aromatic nitrogens is 1. The molecule has 0 aliphatic heterocycles. The van der Waals surface area contributed by atoms with Crippen LogP contribution in [-0.2, 0) is 0 Å². The van der Waals surface area contributed by atoms with Gasteiger partial charge in [0, 0.05) is 11.1 Å². The van der Waals surface area contributed by atoms with Crippen LogP contribution in [0.4, 0.5) is 10.1 Å². The summed E-state index contributed by atoms with van der Waals surface area (Å²) in [6.45, 7) is 5.59. The Hall–Kier alpha value is -1.90. The first-order chi connectivity index (χ1) is 7.15. The van der Waals surface area contributed by atoms with E-state index in [2.05, 4.69) is 16.9 Å². The molecule has 15 heavy (non-hydrogen) atoms. The van der Waals surface area contributed by atoms with E-state index < -0.39 is 0 Å². The molecule has 76 valence electrons. The number of fused-ring (bicyclic) bond motifs is 1. The molecule has 0 radical (unpaired) electrons. The van der Waals surface area contributed by atoms with Crippen molar-refractivity contribution in [3.8, 4) is 0 Å². The standard InChI is InChI=1S/C12H11FN2/c1-8(2)15-11-6-9-5-10(13)3-4-12(9)14-7-11/h3-7,15H,1H2,2H3. The van der Waals surface area contributed by atoms with Gasteiger partial charge in [-0.3, -0.25) is 4.98 Å². The molecule has 2 rings (SSSR count). The van der Waals surface area contributed by atoms with Gasteiger partial charge in [0.15, 0.2) is 0 Å². The number of hydrogen-bond donors (Lipinski definition) is 1. The van der Waals surface area contributed by atoms with Crippen molar-refractivity contribution in [2.24, 2.45) is 0 Å². The van der Waals surface area contributed by atoms with Crippen molar-refractivity contribution in [2.75, 3.05) is 5.32 Å². The average molecular weight is 202 g/mol. The van der Waals surface area contributed by atoms with Gasteiger partial charge in [0.1, 0.15) is 5.82 Å². The lowest BCUT2D eigenvalue weighted by molar-refractivity contribution is 0.629. The summed E-state index contributed by atoms with van der Waals surface area (Å²) in [4.78, 5) is 4.21. The molecule has 3 heteroatoms. The number of nitrogens with one attached hydrogen (secondary N) is 1. The number of allylic oxidation sites excluding steroid dienone is 1. The first kappa shape index (κ1) is 9.65. The van der Waals surface area contributed by atoms with Gasteiger partial charge in [-0.15, -0.1) is 0 Å². The third-order valence-electron chi connectivity index (χ3n) is 2.00. The van der Waals surface area contributed by atoms with Crippen LogP contribution < -0.4 is 5.32 Å². The first-order valence-electron chi connectivity index (χ1n) is 4.63. The molecule has 0 atom stereocenters. The quantitative estimate of drug-likeness (QED) is 0.808. The van der Waals surface area contributed by atoms with Crippen LogP contribution in [0.5, 0.6) is 0 Å². The minimum atomic E-state index is -0.253. The molecule has 0 aliphatic rings. The summed E-state index contributed by atoms with van der Waals surface area (Å²) < 4.78 is 13.0. The molecule has 2 nitrogen and oxygen atoms in total. The molecular weight excluding hydrogens is 191 g/mol. The van der Waals surface area contributed by atoms with E-state index in [1.807, 2.05) is 13.0 Å². The lowest BCUT2D eigenvalue weighted by Crippen LogP contribution is -1.94. The van der Waals surface area contributed by atoms with E-state index in [1.165, 1.54) is 12.1 Å². The second kappa shape index (κ2) is 3.69. The highest BCUT2D eigenvalue weighted by Gasteiger charge is 1.99. The van der Waals surface area contributed by atoms with Crippen LogP contribution in [0.1, 0.15) is 6.92 Å². The molecule has 0 spiro atoms. The van der Waals surface area contributed by atoms with Gasteiger partial charge in [-0.1, -0.05) is 6.58 Å². The maximum absolute atomic E-state index is 13.0. The molecule has 1 N–H and O–H groups in total. The maximum atomic E-state index is 13.0. The van der Waals surface area contributed by atoms with E-state index in [9.17, 15) is 4.39 Å². The summed E-state index contributed by atoms with van der Waals surface area (Å²) in [5.41, 5.74) is 2.43.